The highest BCUT2D eigenvalue weighted by Crippen LogP contribution is 2.22. The van der Waals surface area contributed by atoms with Gasteiger partial charge in [0.25, 0.3) is 0 Å². The molecule has 0 N–H and O–H groups in total. The lowest BCUT2D eigenvalue weighted by molar-refractivity contribution is -0.144. The molecule has 154 valence electrons. The Kier molecular flexibility index (Phi) is 6.04. The van der Waals surface area contributed by atoms with Crippen LogP contribution in [0, 0.1) is 6.92 Å². The molecular weight excluding hydrogens is 390 g/mol. The lowest BCUT2D eigenvalue weighted by Crippen LogP contribution is -2.22. The number of fused-ring (bicyclic) bond motifs is 1. The van der Waals surface area contributed by atoms with E-state index >= 15 is 0 Å². The molecule has 8 heteroatoms. The number of carbonyl (C=O) groups is 1. The Bertz CT molecular complexity index is 1150. The summed E-state index contributed by atoms with van der Waals surface area (Å²) in [7, 11) is -0.565. The number of sulfonamides is 1. The van der Waals surface area contributed by atoms with E-state index in [1.165, 1.54) is 18.4 Å². The highest BCUT2D eigenvalue weighted by atomic mass is 32.2. The number of nitrogens with zero attached hydrogens (tertiary/aromatic N) is 3. The average molecular weight is 416 g/mol. The SMILES string of the molecule is CCn1c(COC(=O)Cc2ccccc2C)nc2cc(S(=O)(=O)N(C)C)ccc21. The van der Waals surface area contributed by atoms with Gasteiger partial charge in [0.1, 0.15) is 12.4 Å². The van der Waals surface area contributed by atoms with E-state index in [2.05, 4.69) is 4.98 Å². The fourth-order valence-electron chi connectivity index (χ4n) is 3.15. The topological polar surface area (TPSA) is 81.5 Å². The smallest absolute Gasteiger partial charge is 0.310 e. The fourth-order valence-corrected chi connectivity index (χ4v) is 4.08. The van der Waals surface area contributed by atoms with Gasteiger partial charge in [-0.25, -0.2) is 17.7 Å². The minimum absolute atomic E-state index is 0.0308. The van der Waals surface area contributed by atoms with Gasteiger partial charge in [-0.3, -0.25) is 4.79 Å². The van der Waals surface area contributed by atoms with Crippen LogP contribution >= 0.6 is 0 Å². The minimum atomic E-state index is -3.54. The summed E-state index contributed by atoms with van der Waals surface area (Å²) in [5.74, 6) is 0.255. The fraction of sp³-hybridized carbons (Fsp3) is 0.333. The third-order valence-corrected chi connectivity index (χ3v) is 6.66. The van der Waals surface area contributed by atoms with Crippen LogP contribution < -0.4 is 0 Å². The highest BCUT2D eigenvalue weighted by molar-refractivity contribution is 7.89. The normalized spacial score (nSPS) is 11.9. The zero-order chi connectivity index (χ0) is 21.2. The van der Waals surface area contributed by atoms with Crippen molar-refractivity contribution in [2.75, 3.05) is 14.1 Å². The predicted molar refractivity (Wildman–Crippen MR) is 111 cm³/mol. The van der Waals surface area contributed by atoms with E-state index in [-0.39, 0.29) is 23.9 Å². The van der Waals surface area contributed by atoms with Crippen LogP contribution in [0.1, 0.15) is 23.9 Å². The molecule has 0 aliphatic carbocycles. The lowest BCUT2D eigenvalue weighted by Gasteiger charge is -2.11. The summed E-state index contributed by atoms with van der Waals surface area (Å²) in [5.41, 5.74) is 3.33. The second-order valence-electron chi connectivity index (χ2n) is 6.97. The number of carbonyl (C=O) groups excluding carboxylic acids is 1. The molecule has 1 aromatic heterocycles. The number of benzene rings is 2. The van der Waals surface area contributed by atoms with Gasteiger partial charge >= 0.3 is 5.97 Å². The first-order valence-electron chi connectivity index (χ1n) is 9.36. The summed E-state index contributed by atoms with van der Waals surface area (Å²) < 4.78 is 33.3. The highest BCUT2D eigenvalue weighted by Gasteiger charge is 2.20. The number of ether oxygens (including phenoxy) is 1. The van der Waals surface area contributed by atoms with E-state index in [0.717, 1.165) is 16.6 Å². The van der Waals surface area contributed by atoms with Crippen LogP contribution in [0.25, 0.3) is 11.0 Å². The Morgan fingerprint density at radius 2 is 1.90 bits per heavy atom. The van der Waals surface area contributed by atoms with Crippen molar-refractivity contribution in [3.8, 4) is 0 Å². The maximum atomic E-state index is 12.4. The van der Waals surface area contributed by atoms with Crippen molar-refractivity contribution in [1.29, 1.82) is 0 Å². The van der Waals surface area contributed by atoms with E-state index in [1.807, 2.05) is 42.7 Å². The molecule has 0 aliphatic heterocycles. The maximum absolute atomic E-state index is 12.4. The first-order valence-corrected chi connectivity index (χ1v) is 10.8. The number of aromatic nitrogens is 2. The van der Waals surface area contributed by atoms with Gasteiger partial charge in [-0.1, -0.05) is 24.3 Å². The van der Waals surface area contributed by atoms with E-state index in [0.29, 0.717) is 17.9 Å². The van der Waals surface area contributed by atoms with Crippen molar-refractivity contribution in [2.45, 2.75) is 38.3 Å². The first-order chi connectivity index (χ1) is 13.7. The lowest BCUT2D eigenvalue weighted by atomic mass is 10.1. The summed E-state index contributed by atoms with van der Waals surface area (Å²) >= 11 is 0. The molecule has 3 rings (SSSR count). The number of aryl methyl sites for hydroxylation is 2. The van der Waals surface area contributed by atoms with E-state index in [1.54, 1.807) is 18.2 Å². The second-order valence-corrected chi connectivity index (χ2v) is 9.13. The molecule has 0 amide bonds. The third-order valence-electron chi connectivity index (χ3n) is 4.85. The van der Waals surface area contributed by atoms with Gasteiger partial charge in [0.05, 0.1) is 22.3 Å². The molecule has 2 aromatic carbocycles. The number of rotatable bonds is 7. The number of hydrogen-bond donors (Lipinski definition) is 0. The zero-order valence-corrected chi connectivity index (χ0v) is 17.9. The Labute approximate surface area is 171 Å². The van der Waals surface area contributed by atoms with Crippen LogP contribution in [0.5, 0.6) is 0 Å². The Hall–Kier alpha value is -2.71. The molecule has 0 fully saturated rings. The van der Waals surface area contributed by atoms with Crippen LogP contribution in [-0.2, 0) is 39.1 Å². The molecule has 0 aliphatic rings. The van der Waals surface area contributed by atoms with Gasteiger partial charge < -0.3 is 9.30 Å². The first kappa shape index (κ1) is 21.0. The monoisotopic (exact) mass is 415 g/mol. The van der Waals surface area contributed by atoms with E-state index in [4.69, 9.17) is 4.74 Å². The predicted octanol–water partition coefficient (Wildman–Crippen LogP) is 2.90. The molecule has 29 heavy (non-hydrogen) atoms. The zero-order valence-electron chi connectivity index (χ0n) is 17.0. The van der Waals surface area contributed by atoms with Gasteiger partial charge in [-0.05, 0) is 43.2 Å². The van der Waals surface area contributed by atoms with Gasteiger partial charge in [0.15, 0.2) is 0 Å². The van der Waals surface area contributed by atoms with Crippen molar-refractivity contribution < 1.29 is 17.9 Å². The molecule has 0 atom stereocenters. The largest absolute Gasteiger partial charge is 0.457 e. The quantitative estimate of drug-likeness (QED) is 0.554. The molecule has 0 spiro atoms. The Morgan fingerprint density at radius 1 is 1.17 bits per heavy atom. The number of esters is 1. The van der Waals surface area contributed by atoms with Gasteiger partial charge in [-0.15, -0.1) is 0 Å². The Morgan fingerprint density at radius 3 is 2.55 bits per heavy atom. The molecule has 1 heterocycles. The van der Waals surface area contributed by atoms with Crippen molar-refractivity contribution in [3.63, 3.8) is 0 Å². The van der Waals surface area contributed by atoms with Crippen molar-refractivity contribution >= 4 is 27.0 Å². The van der Waals surface area contributed by atoms with Gasteiger partial charge in [0, 0.05) is 20.6 Å². The van der Waals surface area contributed by atoms with Crippen LogP contribution in [0.3, 0.4) is 0 Å². The third kappa shape index (κ3) is 4.33. The van der Waals surface area contributed by atoms with Crippen molar-refractivity contribution in [2.24, 2.45) is 0 Å². The number of hydrogen-bond acceptors (Lipinski definition) is 5. The molecule has 0 radical (unpaired) electrons. The molecule has 0 bridgehead atoms. The standard InChI is InChI=1S/C21H25N3O4S/c1-5-24-19-11-10-17(29(26,27)23(3)4)13-18(19)22-20(24)14-28-21(25)12-16-9-7-6-8-15(16)2/h6-11,13H,5,12,14H2,1-4H3. The summed E-state index contributed by atoms with van der Waals surface area (Å²) in [4.78, 5) is 17.0. The summed E-state index contributed by atoms with van der Waals surface area (Å²) in [6.45, 7) is 4.58. The molecule has 0 saturated heterocycles. The molecule has 0 saturated carbocycles. The molecule has 0 unspecified atom stereocenters. The number of imidazole rings is 1. The maximum Gasteiger partial charge on any atom is 0.310 e. The molecule has 7 nitrogen and oxygen atoms in total. The van der Waals surface area contributed by atoms with E-state index in [9.17, 15) is 13.2 Å². The summed E-state index contributed by atoms with van der Waals surface area (Å²) in [6, 6.07) is 12.5. The Balaban J connectivity index is 1.82. The van der Waals surface area contributed by atoms with Crippen LogP contribution in [-0.4, -0.2) is 42.3 Å². The van der Waals surface area contributed by atoms with Crippen LogP contribution in [0.15, 0.2) is 47.4 Å². The molecule has 3 aromatic rings. The molecular formula is C21H25N3O4S. The minimum Gasteiger partial charge on any atom is -0.457 e. The van der Waals surface area contributed by atoms with Crippen molar-refractivity contribution in [3.05, 3.63) is 59.4 Å². The second kappa shape index (κ2) is 8.34. The van der Waals surface area contributed by atoms with E-state index < -0.39 is 10.0 Å². The van der Waals surface area contributed by atoms with Gasteiger partial charge in [-0.2, -0.15) is 0 Å². The van der Waals surface area contributed by atoms with Crippen molar-refractivity contribution in [1.82, 2.24) is 13.9 Å². The average Bonchev–Trinajstić information content (AvgIpc) is 3.04. The van der Waals surface area contributed by atoms with Crippen LogP contribution in [0.4, 0.5) is 0 Å². The summed E-state index contributed by atoms with van der Waals surface area (Å²) in [6.07, 6.45) is 0.199. The summed E-state index contributed by atoms with van der Waals surface area (Å²) in [5, 5.41) is 0. The van der Waals surface area contributed by atoms with Gasteiger partial charge in [0.2, 0.25) is 10.0 Å². The van der Waals surface area contributed by atoms with Crippen LogP contribution in [0.2, 0.25) is 0 Å².